The fourth-order valence-corrected chi connectivity index (χ4v) is 4.68. The van der Waals surface area contributed by atoms with Crippen LogP contribution in [0.1, 0.15) is 60.3 Å². The maximum Gasteiger partial charge on any atom is 0.254 e. The predicted molar refractivity (Wildman–Crippen MR) is 99.1 cm³/mol. The van der Waals surface area contributed by atoms with Crippen LogP contribution in [0.25, 0.3) is 5.69 Å². The second-order valence-electron chi connectivity index (χ2n) is 7.64. The second-order valence-corrected chi connectivity index (χ2v) is 7.64. The highest BCUT2D eigenvalue weighted by atomic mass is 16.2. The number of likely N-dealkylation sites (tertiary alicyclic amines) is 1. The van der Waals surface area contributed by atoms with Gasteiger partial charge in [0.15, 0.2) is 0 Å². The Balaban J connectivity index is 1.55. The van der Waals surface area contributed by atoms with Gasteiger partial charge in [0.25, 0.3) is 5.91 Å². The van der Waals surface area contributed by atoms with Gasteiger partial charge in [-0.05, 0) is 75.8 Å². The Morgan fingerprint density at radius 1 is 1.04 bits per heavy atom. The van der Waals surface area contributed by atoms with Crippen molar-refractivity contribution in [1.29, 1.82) is 0 Å². The second kappa shape index (κ2) is 6.66. The maximum absolute atomic E-state index is 13.1. The standard InChI is InChI=1S/C21H27N3O/c1-15-14-16(2)24(22-15)19-11-9-18(10-12-19)21(25)23-13-5-7-17-6-3-4-8-20(17)23/h9-12,14,17,20H,3-8,13H2,1-2H3/t17-,20+/m0/s1. The minimum Gasteiger partial charge on any atom is -0.335 e. The molecule has 25 heavy (non-hydrogen) atoms. The van der Waals surface area contributed by atoms with E-state index in [-0.39, 0.29) is 5.91 Å². The fourth-order valence-electron chi connectivity index (χ4n) is 4.68. The van der Waals surface area contributed by atoms with E-state index in [0.717, 1.165) is 41.5 Å². The minimum atomic E-state index is 0.205. The van der Waals surface area contributed by atoms with Gasteiger partial charge in [0.1, 0.15) is 0 Å². The molecule has 2 aliphatic rings. The topological polar surface area (TPSA) is 38.1 Å². The van der Waals surface area contributed by atoms with Crippen molar-refractivity contribution in [3.8, 4) is 5.69 Å². The lowest BCUT2D eigenvalue weighted by atomic mass is 9.78. The van der Waals surface area contributed by atoms with Crippen molar-refractivity contribution in [2.24, 2.45) is 5.92 Å². The van der Waals surface area contributed by atoms with E-state index in [2.05, 4.69) is 23.0 Å². The molecular formula is C21H27N3O. The summed E-state index contributed by atoms with van der Waals surface area (Å²) in [6.45, 7) is 4.97. The van der Waals surface area contributed by atoms with Crippen LogP contribution in [0.15, 0.2) is 30.3 Å². The van der Waals surface area contributed by atoms with Gasteiger partial charge >= 0.3 is 0 Å². The van der Waals surface area contributed by atoms with E-state index >= 15 is 0 Å². The quantitative estimate of drug-likeness (QED) is 0.820. The van der Waals surface area contributed by atoms with Gasteiger partial charge in [-0.2, -0.15) is 5.10 Å². The van der Waals surface area contributed by atoms with Crippen LogP contribution in [0.2, 0.25) is 0 Å². The van der Waals surface area contributed by atoms with E-state index in [1.54, 1.807) is 0 Å². The summed E-state index contributed by atoms with van der Waals surface area (Å²) in [6.07, 6.45) is 7.52. The summed E-state index contributed by atoms with van der Waals surface area (Å²) >= 11 is 0. The molecule has 0 bridgehead atoms. The number of benzene rings is 1. The van der Waals surface area contributed by atoms with Gasteiger partial charge in [-0.15, -0.1) is 0 Å². The molecular weight excluding hydrogens is 310 g/mol. The van der Waals surface area contributed by atoms with Crippen LogP contribution >= 0.6 is 0 Å². The fraction of sp³-hybridized carbons (Fsp3) is 0.524. The van der Waals surface area contributed by atoms with Crippen LogP contribution < -0.4 is 0 Å². The highest BCUT2D eigenvalue weighted by molar-refractivity contribution is 5.94. The molecule has 2 heterocycles. The SMILES string of the molecule is Cc1cc(C)n(-c2ccc(C(=O)N3CCC[C@@H]4CCCC[C@H]43)cc2)n1. The molecule has 2 atom stereocenters. The zero-order valence-corrected chi connectivity index (χ0v) is 15.2. The van der Waals surface area contributed by atoms with Crippen LogP contribution in [0, 0.1) is 19.8 Å². The molecule has 0 radical (unpaired) electrons. The van der Waals surface area contributed by atoms with Crippen molar-refractivity contribution in [2.75, 3.05) is 6.54 Å². The Labute approximate surface area is 149 Å². The lowest BCUT2D eigenvalue weighted by Gasteiger charge is -2.44. The van der Waals surface area contributed by atoms with Crippen molar-refractivity contribution in [1.82, 2.24) is 14.7 Å². The van der Waals surface area contributed by atoms with Gasteiger partial charge in [0.2, 0.25) is 0 Å². The Morgan fingerprint density at radius 2 is 1.76 bits per heavy atom. The third-order valence-electron chi connectivity index (χ3n) is 5.87. The summed E-state index contributed by atoms with van der Waals surface area (Å²) in [6, 6.07) is 10.5. The lowest BCUT2D eigenvalue weighted by Crippen LogP contribution is -2.49. The molecule has 1 saturated heterocycles. The molecule has 4 nitrogen and oxygen atoms in total. The first-order valence-electron chi connectivity index (χ1n) is 9.58. The molecule has 0 spiro atoms. The summed E-state index contributed by atoms with van der Waals surface area (Å²) in [5.41, 5.74) is 3.93. The third kappa shape index (κ3) is 3.10. The number of amides is 1. The van der Waals surface area contributed by atoms with Crippen molar-refractivity contribution >= 4 is 5.91 Å². The molecule has 1 aromatic heterocycles. The molecule has 1 aromatic carbocycles. The first-order valence-corrected chi connectivity index (χ1v) is 9.58. The largest absolute Gasteiger partial charge is 0.335 e. The molecule has 1 aliphatic heterocycles. The molecule has 4 heteroatoms. The number of carbonyl (C=O) groups is 1. The van der Waals surface area contributed by atoms with Gasteiger partial charge < -0.3 is 4.90 Å². The molecule has 1 saturated carbocycles. The number of carbonyl (C=O) groups excluding carboxylic acids is 1. The predicted octanol–water partition coefficient (Wildman–Crippen LogP) is 4.28. The summed E-state index contributed by atoms with van der Waals surface area (Å²) in [7, 11) is 0. The van der Waals surface area contributed by atoms with Gasteiger partial charge in [0.05, 0.1) is 11.4 Å². The Hall–Kier alpha value is -2.10. The summed E-state index contributed by atoms with van der Waals surface area (Å²) < 4.78 is 1.93. The van der Waals surface area contributed by atoms with Gasteiger partial charge in [-0.25, -0.2) is 4.68 Å². The summed E-state index contributed by atoms with van der Waals surface area (Å²) in [4.78, 5) is 15.2. The molecule has 2 aromatic rings. The molecule has 0 N–H and O–H groups in total. The smallest absolute Gasteiger partial charge is 0.254 e. The first kappa shape index (κ1) is 16.4. The van der Waals surface area contributed by atoms with E-state index in [0.29, 0.717) is 6.04 Å². The molecule has 4 rings (SSSR count). The first-order chi connectivity index (χ1) is 12.1. The number of aryl methyl sites for hydroxylation is 2. The van der Waals surface area contributed by atoms with Crippen LogP contribution in [-0.2, 0) is 0 Å². The maximum atomic E-state index is 13.1. The van der Waals surface area contributed by atoms with Gasteiger partial charge in [-0.1, -0.05) is 12.8 Å². The van der Waals surface area contributed by atoms with Crippen LogP contribution in [0.5, 0.6) is 0 Å². The number of nitrogens with zero attached hydrogens (tertiary/aromatic N) is 3. The van der Waals surface area contributed by atoms with E-state index < -0.39 is 0 Å². The zero-order valence-electron chi connectivity index (χ0n) is 15.2. The number of aromatic nitrogens is 2. The van der Waals surface area contributed by atoms with Gasteiger partial charge in [0, 0.05) is 23.8 Å². The third-order valence-corrected chi connectivity index (χ3v) is 5.87. The summed E-state index contributed by atoms with van der Waals surface area (Å²) in [5.74, 6) is 0.928. The van der Waals surface area contributed by atoms with Gasteiger partial charge in [-0.3, -0.25) is 4.79 Å². The van der Waals surface area contributed by atoms with E-state index in [4.69, 9.17) is 0 Å². The minimum absolute atomic E-state index is 0.205. The van der Waals surface area contributed by atoms with Crippen molar-refractivity contribution < 1.29 is 4.79 Å². The monoisotopic (exact) mass is 337 g/mol. The zero-order chi connectivity index (χ0) is 17.4. The number of piperidine rings is 1. The number of hydrogen-bond acceptors (Lipinski definition) is 2. The number of fused-ring (bicyclic) bond motifs is 1. The highest BCUT2D eigenvalue weighted by Gasteiger charge is 2.35. The molecule has 132 valence electrons. The van der Waals surface area contributed by atoms with Crippen molar-refractivity contribution in [3.05, 3.63) is 47.3 Å². The molecule has 0 unspecified atom stereocenters. The average molecular weight is 337 g/mol. The Kier molecular flexibility index (Phi) is 4.36. The summed E-state index contributed by atoms with van der Waals surface area (Å²) in [5, 5.41) is 4.52. The van der Waals surface area contributed by atoms with Crippen molar-refractivity contribution in [2.45, 2.75) is 58.4 Å². The molecule has 2 fully saturated rings. The van der Waals surface area contributed by atoms with Crippen molar-refractivity contribution in [3.63, 3.8) is 0 Å². The Bertz CT molecular complexity index is 760. The average Bonchev–Trinajstić information content (AvgIpc) is 2.99. The van der Waals surface area contributed by atoms with E-state index in [1.165, 1.54) is 32.1 Å². The molecule has 1 aliphatic carbocycles. The van der Waals surface area contributed by atoms with E-state index in [1.807, 2.05) is 35.9 Å². The van der Waals surface area contributed by atoms with E-state index in [9.17, 15) is 4.79 Å². The van der Waals surface area contributed by atoms with Crippen LogP contribution in [0.3, 0.4) is 0 Å². The number of hydrogen-bond donors (Lipinski definition) is 0. The number of rotatable bonds is 2. The van der Waals surface area contributed by atoms with Crippen LogP contribution in [-0.4, -0.2) is 33.2 Å². The Morgan fingerprint density at radius 3 is 2.48 bits per heavy atom. The highest BCUT2D eigenvalue weighted by Crippen LogP contribution is 2.36. The normalized spacial score (nSPS) is 23.4. The molecule has 1 amide bonds. The lowest BCUT2D eigenvalue weighted by molar-refractivity contribution is 0.0390. The van der Waals surface area contributed by atoms with Crippen LogP contribution in [0.4, 0.5) is 0 Å².